The van der Waals surface area contributed by atoms with Crippen molar-refractivity contribution in [2.24, 2.45) is 23.2 Å². The maximum Gasteiger partial charge on any atom is 0.118 e. The summed E-state index contributed by atoms with van der Waals surface area (Å²) in [5, 5.41) is 0. The van der Waals surface area contributed by atoms with Crippen molar-refractivity contribution in [2.75, 3.05) is 13.7 Å². The number of hydrogen-bond donors (Lipinski definition) is 0. The standard InChI is InChI=1S/C20H31NO/c1-6-21(13-15-7-9-17(22-5)10-8-15)19-12-16-11-18(14(19)2)20(16,3)4/h7-10,14,16,18-19H,6,11-13H2,1-5H3/t14-,16+,18-,19?/m1/s1. The van der Waals surface area contributed by atoms with Gasteiger partial charge in [0.15, 0.2) is 0 Å². The number of fused-ring (bicyclic) bond motifs is 2. The molecule has 2 nitrogen and oxygen atoms in total. The van der Waals surface area contributed by atoms with Crippen molar-refractivity contribution in [3.63, 3.8) is 0 Å². The van der Waals surface area contributed by atoms with Gasteiger partial charge < -0.3 is 4.74 Å². The molecule has 122 valence electrons. The molecule has 1 unspecified atom stereocenters. The molecule has 2 heteroatoms. The van der Waals surface area contributed by atoms with Crippen molar-refractivity contribution >= 4 is 0 Å². The van der Waals surface area contributed by atoms with Gasteiger partial charge in [-0.1, -0.05) is 39.8 Å². The van der Waals surface area contributed by atoms with Gasteiger partial charge in [-0.2, -0.15) is 0 Å². The molecule has 0 N–H and O–H groups in total. The molecule has 1 aromatic carbocycles. The van der Waals surface area contributed by atoms with Crippen molar-refractivity contribution in [1.82, 2.24) is 4.90 Å². The van der Waals surface area contributed by atoms with Crippen LogP contribution in [0.5, 0.6) is 5.75 Å². The first kappa shape index (κ1) is 15.9. The Balaban J connectivity index is 1.69. The lowest BCUT2D eigenvalue weighted by Crippen LogP contribution is -2.60. The Labute approximate surface area is 135 Å². The Morgan fingerprint density at radius 2 is 1.86 bits per heavy atom. The quantitative estimate of drug-likeness (QED) is 0.789. The maximum absolute atomic E-state index is 5.26. The van der Waals surface area contributed by atoms with E-state index in [4.69, 9.17) is 4.74 Å². The van der Waals surface area contributed by atoms with Gasteiger partial charge in [-0.05, 0) is 60.3 Å². The molecule has 22 heavy (non-hydrogen) atoms. The van der Waals surface area contributed by atoms with Gasteiger partial charge in [-0.15, -0.1) is 0 Å². The van der Waals surface area contributed by atoms with Gasteiger partial charge in [0.25, 0.3) is 0 Å². The normalized spacial score (nSPS) is 32.6. The first-order valence-corrected chi connectivity index (χ1v) is 8.84. The third kappa shape index (κ3) is 2.56. The van der Waals surface area contributed by atoms with E-state index in [1.165, 1.54) is 18.4 Å². The third-order valence-electron chi connectivity index (χ3n) is 6.73. The Hall–Kier alpha value is -1.02. The van der Waals surface area contributed by atoms with Crippen LogP contribution in [0.15, 0.2) is 24.3 Å². The highest BCUT2D eigenvalue weighted by molar-refractivity contribution is 5.27. The molecule has 0 aromatic heterocycles. The van der Waals surface area contributed by atoms with Crippen LogP contribution in [-0.2, 0) is 6.54 Å². The van der Waals surface area contributed by atoms with E-state index in [-0.39, 0.29) is 0 Å². The number of methoxy groups -OCH3 is 1. The molecule has 0 saturated heterocycles. The van der Waals surface area contributed by atoms with Gasteiger partial charge in [0, 0.05) is 12.6 Å². The van der Waals surface area contributed by atoms with Gasteiger partial charge in [0.1, 0.15) is 5.75 Å². The molecule has 4 atom stereocenters. The second kappa shape index (κ2) is 5.88. The summed E-state index contributed by atoms with van der Waals surface area (Å²) >= 11 is 0. The lowest BCUT2D eigenvalue weighted by Gasteiger charge is -2.63. The smallest absolute Gasteiger partial charge is 0.118 e. The average Bonchev–Trinajstić information content (AvgIpc) is 2.53. The summed E-state index contributed by atoms with van der Waals surface area (Å²) in [5.74, 6) is 3.61. The van der Waals surface area contributed by atoms with Crippen LogP contribution in [0.3, 0.4) is 0 Å². The SMILES string of the molecule is CCN(Cc1ccc(OC)cc1)C1C[C@@H]2C[C@H]([C@H]1C)C2(C)C. The van der Waals surface area contributed by atoms with Crippen LogP contribution < -0.4 is 4.74 Å². The van der Waals surface area contributed by atoms with Crippen molar-refractivity contribution in [1.29, 1.82) is 0 Å². The van der Waals surface area contributed by atoms with Crippen LogP contribution in [0.25, 0.3) is 0 Å². The summed E-state index contributed by atoms with van der Waals surface area (Å²) in [6.07, 6.45) is 2.85. The zero-order chi connectivity index (χ0) is 15.9. The highest BCUT2D eigenvalue weighted by Gasteiger charge is 2.56. The van der Waals surface area contributed by atoms with E-state index in [0.29, 0.717) is 5.41 Å². The Morgan fingerprint density at radius 1 is 1.18 bits per heavy atom. The molecule has 4 rings (SSSR count). The van der Waals surface area contributed by atoms with E-state index >= 15 is 0 Å². The number of benzene rings is 1. The highest BCUT2D eigenvalue weighted by Crippen LogP contribution is 2.62. The molecule has 1 aromatic rings. The van der Waals surface area contributed by atoms with E-state index in [1.54, 1.807) is 7.11 Å². The monoisotopic (exact) mass is 301 g/mol. The first-order chi connectivity index (χ1) is 10.5. The van der Waals surface area contributed by atoms with Crippen LogP contribution in [-0.4, -0.2) is 24.6 Å². The van der Waals surface area contributed by atoms with E-state index in [9.17, 15) is 0 Å². The molecular weight excluding hydrogens is 270 g/mol. The fourth-order valence-electron chi connectivity index (χ4n) is 5.03. The number of ether oxygens (including phenoxy) is 1. The second-order valence-corrected chi connectivity index (χ2v) is 7.93. The average molecular weight is 301 g/mol. The zero-order valence-corrected chi connectivity index (χ0v) is 14.8. The van der Waals surface area contributed by atoms with Crippen molar-refractivity contribution < 1.29 is 4.74 Å². The molecule has 2 bridgehead atoms. The highest BCUT2D eigenvalue weighted by atomic mass is 16.5. The molecule has 0 aliphatic heterocycles. The van der Waals surface area contributed by atoms with E-state index in [1.807, 2.05) is 0 Å². The largest absolute Gasteiger partial charge is 0.497 e. The van der Waals surface area contributed by atoms with Crippen LogP contribution in [0, 0.1) is 23.2 Å². The van der Waals surface area contributed by atoms with Crippen molar-refractivity contribution in [2.45, 2.75) is 53.1 Å². The summed E-state index contributed by atoms with van der Waals surface area (Å²) in [5.41, 5.74) is 1.98. The molecule has 3 aliphatic carbocycles. The van der Waals surface area contributed by atoms with Crippen LogP contribution >= 0.6 is 0 Å². The molecular formula is C20H31NO. The van der Waals surface area contributed by atoms with E-state index in [2.05, 4.69) is 56.9 Å². The topological polar surface area (TPSA) is 12.5 Å². The lowest BCUT2D eigenvalue weighted by atomic mass is 9.44. The minimum absolute atomic E-state index is 0.579. The van der Waals surface area contributed by atoms with Gasteiger partial charge in [-0.25, -0.2) is 0 Å². The summed E-state index contributed by atoms with van der Waals surface area (Å²) in [6, 6.07) is 9.32. The second-order valence-electron chi connectivity index (χ2n) is 7.93. The fraction of sp³-hybridized carbons (Fsp3) is 0.700. The van der Waals surface area contributed by atoms with Crippen LogP contribution in [0.1, 0.15) is 46.1 Å². The van der Waals surface area contributed by atoms with E-state index < -0.39 is 0 Å². The number of hydrogen-bond acceptors (Lipinski definition) is 2. The van der Waals surface area contributed by atoms with Crippen molar-refractivity contribution in [3.05, 3.63) is 29.8 Å². The Kier molecular flexibility index (Phi) is 4.24. The minimum atomic E-state index is 0.579. The number of rotatable bonds is 5. The van der Waals surface area contributed by atoms with Gasteiger partial charge >= 0.3 is 0 Å². The molecule has 3 saturated carbocycles. The Morgan fingerprint density at radius 3 is 2.36 bits per heavy atom. The summed E-state index contributed by atoms with van der Waals surface area (Å²) in [6.45, 7) is 12.0. The molecule has 0 heterocycles. The third-order valence-corrected chi connectivity index (χ3v) is 6.73. The summed E-state index contributed by atoms with van der Waals surface area (Å²) in [4.78, 5) is 2.70. The molecule has 0 spiro atoms. The summed E-state index contributed by atoms with van der Waals surface area (Å²) < 4.78 is 5.26. The van der Waals surface area contributed by atoms with Gasteiger partial charge in [0.05, 0.1) is 7.11 Å². The predicted molar refractivity (Wildman–Crippen MR) is 92.0 cm³/mol. The zero-order valence-electron chi connectivity index (χ0n) is 14.8. The predicted octanol–water partition coefficient (Wildman–Crippen LogP) is 4.59. The fourth-order valence-corrected chi connectivity index (χ4v) is 5.03. The van der Waals surface area contributed by atoms with Crippen molar-refractivity contribution in [3.8, 4) is 5.75 Å². The van der Waals surface area contributed by atoms with E-state index in [0.717, 1.165) is 42.6 Å². The summed E-state index contributed by atoms with van der Waals surface area (Å²) in [7, 11) is 1.73. The number of nitrogens with zero attached hydrogens (tertiary/aromatic N) is 1. The molecule has 3 aliphatic rings. The van der Waals surface area contributed by atoms with Crippen LogP contribution in [0.2, 0.25) is 0 Å². The minimum Gasteiger partial charge on any atom is -0.497 e. The molecule has 0 radical (unpaired) electrons. The molecule has 0 amide bonds. The van der Waals surface area contributed by atoms with Gasteiger partial charge in [0.2, 0.25) is 0 Å². The first-order valence-electron chi connectivity index (χ1n) is 8.84. The molecule has 3 fully saturated rings. The van der Waals surface area contributed by atoms with Crippen LogP contribution in [0.4, 0.5) is 0 Å². The lowest BCUT2D eigenvalue weighted by molar-refractivity contribution is -0.139. The Bertz CT molecular complexity index is 507. The van der Waals surface area contributed by atoms with Gasteiger partial charge in [-0.3, -0.25) is 4.90 Å². The maximum atomic E-state index is 5.26.